The molecule has 0 aromatic heterocycles. The maximum Gasteiger partial charge on any atom is 0.326 e. The van der Waals surface area contributed by atoms with Gasteiger partial charge < -0.3 is 42.7 Å². The molecule has 0 saturated carbocycles. The summed E-state index contributed by atoms with van der Waals surface area (Å²) in [6.45, 7) is 3.59. The second kappa shape index (κ2) is 14.4. The van der Waals surface area contributed by atoms with E-state index in [2.05, 4.69) is 10.6 Å². The molecule has 0 rings (SSSR count). The molecule has 34 heavy (non-hydrogen) atoms. The van der Waals surface area contributed by atoms with Crippen LogP contribution in [0.2, 0.25) is 0 Å². The van der Waals surface area contributed by atoms with Crippen LogP contribution in [-0.2, 0) is 33.6 Å². The van der Waals surface area contributed by atoms with Crippen molar-refractivity contribution in [2.75, 3.05) is 0 Å². The Morgan fingerprint density at radius 3 is 1.62 bits per heavy atom. The Hall–Kier alpha value is -3.75. The molecule has 4 amide bonds. The number of carboxylic acids is 3. The van der Waals surface area contributed by atoms with Crippen molar-refractivity contribution in [3.63, 3.8) is 0 Å². The highest BCUT2D eigenvalue weighted by Crippen LogP contribution is 2.06. The van der Waals surface area contributed by atoms with Gasteiger partial charge in [-0.2, -0.15) is 0 Å². The summed E-state index contributed by atoms with van der Waals surface area (Å²) in [6.07, 6.45) is -2.43. The van der Waals surface area contributed by atoms with Crippen LogP contribution < -0.4 is 27.4 Å². The Bertz CT molecular complexity index is 800. The lowest BCUT2D eigenvalue weighted by Gasteiger charge is -2.24. The first-order valence-electron chi connectivity index (χ1n) is 10.2. The molecule has 4 unspecified atom stereocenters. The standard InChI is InChI=1S/C19H31N5O10/c1-8(2)5-9(20)16(30)23-11(6-14(26)27)18(32)22-10(3-4-13(21)25)17(31)24-12(19(33)34)7-15(28)29/h8-12H,3-7,20H2,1-2H3,(H2,21,25)(H,22,32)(H,23,30)(H,24,31)(H,26,27)(H,28,29)(H,33,34). The van der Waals surface area contributed by atoms with Gasteiger partial charge in [-0.3, -0.25) is 28.8 Å². The van der Waals surface area contributed by atoms with Gasteiger partial charge >= 0.3 is 17.9 Å². The summed E-state index contributed by atoms with van der Waals surface area (Å²) in [5, 5.41) is 33.2. The number of aliphatic carboxylic acids is 3. The van der Waals surface area contributed by atoms with Gasteiger partial charge in [-0.1, -0.05) is 13.8 Å². The van der Waals surface area contributed by atoms with Gasteiger partial charge in [0.25, 0.3) is 0 Å². The maximum atomic E-state index is 12.7. The smallest absolute Gasteiger partial charge is 0.326 e. The summed E-state index contributed by atoms with van der Waals surface area (Å²) in [5.41, 5.74) is 10.8. The van der Waals surface area contributed by atoms with Gasteiger partial charge in [0.1, 0.15) is 18.1 Å². The molecule has 0 fully saturated rings. The van der Waals surface area contributed by atoms with Crippen LogP contribution in [0.25, 0.3) is 0 Å². The van der Waals surface area contributed by atoms with Gasteiger partial charge in [0.05, 0.1) is 18.9 Å². The number of hydrogen-bond donors (Lipinski definition) is 8. The van der Waals surface area contributed by atoms with E-state index < -0.39 is 91.4 Å². The van der Waals surface area contributed by atoms with E-state index in [1.807, 2.05) is 5.32 Å². The van der Waals surface area contributed by atoms with Crippen LogP contribution in [-0.4, -0.2) is 81.0 Å². The summed E-state index contributed by atoms with van der Waals surface area (Å²) in [6, 6.07) is -6.12. The van der Waals surface area contributed by atoms with Crippen LogP contribution in [0.1, 0.15) is 46.0 Å². The SMILES string of the molecule is CC(C)CC(N)C(=O)NC(CC(=O)O)C(=O)NC(CCC(N)=O)C(=O)NC(CC(=O)O)C(=O)O. The molecule has 15 heteroatoms. The molecule has 0 aromatic carbocycles. The Balaban J connectivity index is 5.61. The van der Waals surface area contributed by atoms with Gasteiger partial charge in [0.2, 0.25) is 23.6 Å². The molecule has 0 heterocycles. The molecule has 0 saturated heterocycles. The summed E-state index contributed by atoms with van der Waals surface area (Å²) in [5.74, 6) is -8.55. The first kappa shape index (κ1) is 30.2. The van der Waals surface area contributed by atoms with Crippen molar-refractivity contribution >= 4 is 41.5 Å². The fourth-order valence-electron chi connectivity index (χ4n) is 2.75. The Labute approximate surface area is 194 Å². The molecule has 0 radical (unpaired) electrons. The van der Waals surface area contributed by atoms with Crippen molar-refractivity contribution in [1.29, 1.82) is 0 Å². The fraction of sp³-hybridized carbons (Fsp3) is 0.632. The molecule has 192 valence electrons. The van der Waals surface area contributed by atoms with Gasteiger partial charge in [0, 0.05) is 6.42 Å². The van der Waals surface area contributed by atoms with Crippen molar-refractivity contribution in [3.05, 3.63) is 0 Å². The van der Waals surface area contributed by atoms with Crippen LogP contribution in [0, 0.1) is 5.92 Å². The molecular formula is C19H31N5O10. The van der Waals surface area contributed by atoms with Crippen LogP contribution in [0.15, 0.2) is 0 Å². The molecule has 0 bridgehead atoms. The lowest BCUT2D eigenvalue weighted by molar-refractivity contribution is -0.147. The third-order valence-corrected chi connectivity index (χ3v) is 4.38. The molecular weight excluding hydrogens is 458 g/mol. The highest BCUT2D eigenvalue weighted by Gasteiger charge is 2.32. The van der Waals surface area contributed by atoms with Crippen molar-refractivity contribution < 1.29 is 48.9 Å². The average molecular weight is 489 g/mol. The normalized spacial score (nSPS) is 14.2. The van der Waals surface area contributed by atoms with Crippen LogP contribution in [0.5, 0.6) is 0 Å². The highest BCUT2D eigenvalue weighted by atomic mass is 16.4. The molecule has 0 spiro atoms. The van der Waals surface area contributed by atoms with Crippen molar-refractivity contribution in [2.45, 2.75) is 70.1 Å². The third-order valence-electron chi connectivity index (χ3n) is 4.38. The lowest BCUT2D eigenvalue weighted by Crippen LogP contribution is -2.57. The molecule has 0 aromatic rings. The van der Waals surface area contributed by atoms with E-state index in [4.69, 9.17) is 26.8 Å². The number of carboxylic acid groups (broad SMARTS) is 3. The molecule has 10 N–H and O–H groups in total. The molecule has 4 atom stereocenters. The number of nitrogens with one attached hydrogen (secondary N) is 3. The summed E-state index contributed by atoms with van der Waals surface area (Å²) in [7, 11) is 0. The number of carbonyl (C=O) groups excluding carboxylic acids is 4. The second-order valence-corrected chi connectivity index (χ2v) is 7.96. The molecule has 0 aliphatic heterocycles. The van der Waals surface area contributed by atoms with Crippen LogP contribution in [0.4, 0.5) is 0 Å². The molecule has 0 aliphatic carbocycles. The lowest BCUT2D eigenvalue weighted by atomic mass is 10.0. The van der Waals surface area contributed by atoms with Crippen molar-refractivity contribution in [3.8, 4) is 0 Å². The van der Waals surface area contributed by atoms with Crippen LogP contribution >= 0.6 is 0 Å². The first-order valence-corrected chi connectivity index (χ1v) is 10.2. The van der Waals surface area contributed by atoms with E-state index in [9.17, 15) is 33.6 Å². The van der Waals surface area contributed by atoms with Crippen LogP contribution in [0.3, 0.4) is 0 Å². The largest absolute Gasteiger partial charge is 0.481 e. The van der Waals surface area contributed by atoms with Gasteiger partial charge in [0.15, 0.2) is 0 Å². The Morgan fingerprint density at radius 1 is 0.735 bits per heavy atom. The predicted octanol–water partition coefficient (Wildman–Crippen LogP) is -2.89. The monoisotopic (exact) mass is 489 g/mol. The third kappa shape index (κ3) is 12.3. The number of nitrogens with two attached hydrogens (primary N) is 2. The van der Waals surface area contributed by atoms with Crippen molar-refractivity contribution in [1.82, 2.24) is 16.0 Å². The van der Waals surface area contributed by atoms with Crippen molar-refractivity contribution in [2.24, 2.45) is 17.4 Å². The Morgan fingerprint density at radius 2 is 1.18 bits per heavy atom. The van der Waals surface area contributed by atoms with E-state index in [0.29, 0.717) is 0 Å². The minimum Gasteiger partial charge on any atom is -0.481 e. The molecule has 15 nitrogen and oxygen atoms in total. The summed E-state index contributed by atoms with van der Waals surface area (Å²) < 4.78 is 0. The zero-order valence-electron chi connectivity index (χ0n) is 18.8. The number of amides is 4. The summed E-state index contributed by atoms with van der Waals surface area (Å²) >= 11 is 0. The molecule has 0 aliphatic rings. The first-order chi connectivity index (χ1) is 15.6. The zero-order valence-corrected chi connectivity index (χ0v) is 18.8. The van der Waals surface area contributed by atoms with Gasteiger partial charge in [-0.25, -0.2) is 4.79 Å². The number of hydrogen-bond acceptors (Lipinski definition) is 8. The zero-order chi connectivity index (χ0) is 26.6. The second-order valence-electron chi connectivity index (χ2n) is 7.96. The Kier molecular flexibility index (Phi) is 12.8. The quantitative estimate of drug-likeness (QED) is 0.109. The minimum absolute atomic E-state index is 0.0300. The maximum absolute atomic E-state index is 12.7. The van der Waals surface area contributed by atoms with Gasteiger partial charge in [-0.05, 0) is 18.8 Å². The average Bonchev–Trinajstić information content (AvgIpc) is 2.68. The summed E-state index contributed by atoms with van der Waals surface area (Å²) in [4.78, 5) is 81.8. The predicted molar refractivity (Wildman–Crippen MR) is 114 cm³/mol. The minimum atomic E-state index is -1.85. The van der Waals surface area contributed by atoms with E-state index in [1.54, 1.807) is 13.8 Å². The fourth-order valence-corrected chi connectivity index (χ4v) is 2.75. The number of carbonyl (C=O) groups is 7. The topological polar surface area (TPSA) is 268 Å². The number of primary amides is 1. The van der Waals surface area contributed by atoms with E-state index in [0.717, 1.165) is 0 Å². The van der Waals surface area contributed by atoms with E-state index >= 15 is 0 Å². The highest BCUT2D eigenvalue weighted by molar-refractivity contribution is 5.96. The van der Waals surface area contributed by atoms with E-state index in [1.165, 1.54) is 0 Å². The van der Waals surface area contributed by atoms with Gasteiger partial charge in [-0.15, -0.1) is 0 Å². The van der Waals surface area contributed by atoms with E-state index in [-0.39, 0.29) is 12.3 Å². The number of rotatable bonds is 16.